The first kappa shape index (κ1) is 23.3. The summed E-state index contributed by atoms with van der Waals surface area (Å²) in [4.78, 5) is 23.0. The first-order valence-corrected chi connectivity index (χ1v) is 13.2. The molecule has 0 amide bonds. The lowest BCUT2D eigenvalue weighted by Gasteiger charge is -2.36. The Labute approximate surface area is 188 Å². The first-order valence-electron chi connectivity index (χ1n) is 10.3. The molecule has 32 heavy (non-hydrogen) atoms. The second-order valence-corrected chi connectivity index (χ2v) is 13.9. The maximum atomic E-state index is 12.2. The van der Waals surface area contributed by atoms with Crippen LogP contribution in [0, 0.1) is 10.1 Å². The number of methoxy groups -OCH3 is 1. The highest BCUT2D eigenvalue weighted by atomic mass is 28.4. The second-order valence-electron chi connectivity index (χ2n) is 9.15. The molecule has 0 aliphatic heterocycles. The quantitative estimate of drug-likeness (QED) is 0.195. The summed E-state index contributed by atoms with van der Waals surface area (Å²) >= 11 is 0. The van der Waals surface area contributed by atoms with Crippen LogP contribution in [0.1, 0.15) is 31.1 Å². The molecule has 8 heteroatoms. The number of carbonyl (C=O) groups excluding carboxylic acids is 1. The number of nitrogens with one attached hydrogen (secondary N) is 1. The van der Waals surface area contributed by atoms with E-state index in [1.165, 1.54) is 25.3 Å². The molecule has 0 saturated heterocycles. The normalized spacial score (nSPS) is 11.8. The fourth-order valence-electron chi connectivity index (χ4n) is 3.05. The van der Waals surface area contributed by atoms with Crippen molar-refractivity contribution in [2.75, 3.05) is 12.4 Å². The van der Waals surface area contributed by atoms with Crippen molar-refractivity contribution >= 4 is 42.1 Å². The molecule has 1 N–H and O–H groups in total. The van der Waals surface area contributed by atoms with Gasteiger partial charge in [-0.25, -0.2) is 4.79 Å². The zero-order valence-corrected chi connectivity index (χ0v) is 20.2. The number of carbonyl (C=O) groups is 1. The molecule has 3 aromatic rings. The Kier molecular flexibility index (Phi) is 6.27. The average molecular weight is 453 g/mol. The molecule has 0 bridgehead atoms. The first-order chi connectivity index (χ1) is 14.9. The SMILES string of the molecule is COC(=O)c1ccc([N+](=O)[O-])cc1Nc1cccc2ccc(O[Si](C)(C)C(C)(C)C)cc12. The monoisotopic (exact) mass is 452 g/mol. The molecule has 0 spiro atoms. The molecule has 0 unspecified atom stereocenters. The Morgan fingerprint density at radius 2 is 1.75 bits per heavy atom. The van der Waals surface area contributed by atoms with Gasteiger partial charge in [-0.1, -0.05) is 39.0 Å². The van der Waals surface area contributed by atoms with Crippen molar-refractivity contribution in [2.24, 2.45) is 0 Å². The van der Waals surface area contributed by atoms with E-state index in [-0.39, 0.29) is 16.3 Å². The summed E-state index contributed by atoms with van der Waals surface area (Å²) in [5.41, 5.74) is 1.09. The van der Waals surface area contributed by atoms with E-state index in [4.69, 9.17) is 9.16 Å². The van der Waals surface area contributed by atoms with Gasteiger partial charge in [-0.15, -0.1) is 0 Å². The molecule has 3 aromatic carbocycles. The van der Waals surface area contributed by atoms with E-state index in [0.29, 0.717) is 11.4 Å². The summed E-state index contributed by atoms with van der Waals surface area (Å²) in [7, 11) is -0.756. The molecular weight excluding hydrogens is 424 g/mol. The lowest BCUT2D eigenvalue weighted by molar-refractivity contribution is -0.384. The standard InChI is InChI=1S/C24H28N2O5Si/c1-24(2,3)32(5,6)31-18-12-10-16-8-7-9-21(20(16)15-18)25-22-14-17(26(28)29)11-13-19(22)23(27)30-4/h7-15,25H,1-6H3. The Morgan fingerprint density at radius 3 is 2.38 bits per heavy atom. The third kappa shape index (κ3) is 4.75. The summed E-state index contributed by atoms with van der Waals surface area (Å²) in [5, 5.41) is 16.4. The van der Waals surface area contributed by atoms with Gasteiger partial charge in [0, 0.05) is 23.2 Å². The van der Waals surface area contributed by atoms with E-state index in [1.54, 1.807) is 0 Å². The molecule has 0 atom stereocenters. The Balaban J connectivity index is 2.07. The van der Waals surface area contributed by atoms with E-state index < -0.39 is 19.2 Å². The van der Waals surface area contributed by atoms with E-state index >= 15 is 0 Å². The van der Waals surface area contributed by atoms with Crippen molar-refractivity contribution in [1.82, 2.24) is 0 Å². The lowest BCUT2D eigenvalue weighted by atomic mass is 10.1. The molecule has 0 heterocycles. The van der Waals surface area contributed by atoms with Gasteiger partial charge in [0.05, 0.1) is 23.3 Å². The van der Waals surface area contributed by atoms with Crippen LogP contribution in [0.3, 0.4) is 0 Å². The Morgan fingerprint density at radius 1 is 1.03 bits per heavy atom. The van der Waals surface area contributed by atoms with Gasteiger partial charge in [0.15, 0.2) is 0 Å². The van der Waals surface area contributed by atoms with Crippen LogP contribution in [0.5, 0.6) is 5.75 Å². The number of hydrogen-bond acceptors (Lipinski definition) is 6. The van der Waals surface area contributed by atoms with Crippen LogP contribution >= 0.6 is 0 Å². The number of ether oxygens (including phenoxy) is 1. The zero-order valence-electron chi connectivity index (χ0n) is 19.2. The molecule has 0 aliphatic rings. The minimum Gasteiger partial charge on any atom is -0.543 e. The Bertz CT molecular complexity index is 1180. The minimum atomic E-state index is -2.03. The summed E-state index contributed by atoms with van der Waals surface area (Å²) in [6, 6.07) is 15.6. The molecule has 3 rings (SSSR count). The van der Waals surface area contributed by atoms with Crippen molar-refractivity contribution < 1.29 is 18.9 Å². The average Bonchev–Trinajstić information content (AvgIpc) is 2.72. The molecule has 0 aliphatic carbocycles. The molecule has 168 valence electrons. The lowest BCUT2D eigenvalue weighted by Crippen LogP contribution is -2.43. The van der Waals surface area contributed by atoms with Gasteiger partial charge in [-0.05, 0) is 47.8 Å². The number of esters is 1. The summed E-state index contributed by atoms with van der Waals surface area (Å²) in [6.45, 7) is 10.9. The van der Waals surface area contributed by atoms with Gasteiger partial charge < -0.3 is 14.5 Å². The van der Waals surface area contributed by atoms with Gasteiger partial charge >= 0.3 is 5.97 Å². The number of nitro benzene ring substituents is 1. The predicted octanol–water partition coefficient (Wildman–Crippen LogP) is 6.66. The number of nitrogens with zero attached hydrogens (tertiary/aromatic N) is 1. The number of non-ortho nitro benzene ring substituents is 1. The number of benzene rings is 3. The van der Waals surface area contributed by atoms with Crippen LogP contribution in [0.4, 0.5) is 17.1 Å². The third-order valence-electron chi connectivity index (χ3n) is 5.92. The highest BCUT2D eigenvalue weighted by molar-refractivity contribution is 6.74. The van der Waals surface area contributed by atoms with Gasteiger partial charge in [0.1, 0.15) is 5.75 Å². The van der Waals surface area contributed by atoms with Crippen molar-refractivity contribution in [2.45, 2.75) is 38.9 Å². The maximum absolute atomic E-state index is 12.2. The van der Waals surface area contributed by atoms with E-state index in [1.807, 2.05) is 36.4 Å². The zero-order chi connectivity index (χ0) is 23.7. The van der Waals surface area contributed by atoms with Crippen LogP contribution in [-0.2, 0) is 4.74 Å². The van der Waals surface area contributed by atoms with Gasteiger partial charge in [0.2, 0.25) is 8.32 Å². The molecular formula is C24H28N2O5Si. The van der Waals surface area contributed by atoms with E-state index in [9.17, 15) is 14.9 Å². The molecule has 7 nitrogen and oxygen atoms in total. The molecule has 0 fully saturated rings. The van der Waals surface area contributed by atoms with E-state index in [2.05, 4.69) is 39.2 Å². The van der Waals surface area contributed by atoms with Gasteiger partial charge in [-0.2, -0.15) is 0 Å². The van der Waals surface area contributed by atoms with Crippen LogP contribution in [0.15, 0.2) is 54.6 Å². The van der Waals surface area contributed by atoms with Crippen LogP contribution in [0.25, 0.3) is 10.8 Å². The fourth-order valence-corrected chi connectivity index (χ4v) is 4.08. The minimum absolute atomic E-state index is 0.0537. The third-order valence-corrected chi connectivity index (χ3v) is 10.3. The fraction of sp³-hybridized carbons (Fsp3) is 0.292. The summed E-state index contributed by atoms with van der Waals surface area (Å²) < 4.78 is 11.3. The molecule has 0 radical (unpaired) electrons. The highest BCUT2D eigenvalue weighted by Gasteiger charge is 2.39. The number of fused-ring (bicyclic) bond motifs is 1. The van der Waals surface area contributed by atoms with Crippen LogP contribution in [-0.4, -0.2) is 26.3 Å². The topological polar surface area (TPSA) is 90.7 Å². The summed E-state index contributed by atoms with van der Waals surface area (Å²) in [5.74, 6) is 0.190. The number of rotatable bonds is 6. The van der Waals surface area contributed by atoms with E-state index in [0.717, 1.165) is 16.5 Å². The summed E-state index contributed by atoms with van der Waals surface area (Å²) in [6.07, 6.45) is 0. The Hall–Kier alpha value is -3.39. The number of anilines is 2. The smallest absolute Gasteiger partial charge is 0.339 e. The number of nitro groups is 1. The molecule has 0 saturated carbocycles. The maximum Gasteiger partial charge on any atom is 0.339 e. The second kappa shape index (κ2) is 8.62. The van der Waals surface area contributed by atoms with Gasteiger partial charge in [-0.3, -0.25) is 10.1 Å². The van der Waals surface area contributed by atoms with Crippen molar-refractivity contribution in [3.8, 4) is 5.75 Å². The largest absolute Gasteiger partial charge is 0.543 e. The molecule has 0 aromatic heterocycles. The van der Waals surface area contributed by atoms with Crippen molar-refractivity contribution in [3.05, 3.63) is 70.3 Å². The van der Waals surface area contributed by atoms with Crippen LogP contribution < -0.4 is 9.74 Å². The highest BCUT2D eigenvalue weighted by Crippen LogP contribution is 2.39. The van der Waals surface area contributed by atoms with Crippen molar-refractivity contribution in [3.63, 3.8) is 0 Å². The van der Waals surface area contributed by atoms with Gasteiger partial charge in [0.25, 0.3) is 5.69 Å². The van der Waals surface area contributed by atoms with Crippen molar-refractivity contribution in [1.29, 1.82) is 0 Å². The van der Waals surface area contributed by atoms with Crippen LogP contribution in [0.2, 0.25) is 18.1 Å². The number of hydrogen-bond donors (Lipinski definition) is 1. The predicted molar refractivity (Wildman–Crippen MR) is 129 cm³/mol.